The molecule has 1 saturated carbocycles. The third-order valence-electron chi connectivity index (χ3n) is 5.91. The van der Waals surface area contributed by atoms with E-state index in [2.05, 4.69) is 27.4 Å². The Hall–Kier alpha value is -1.27. The van der Waals surface area contributed by atoms with Crippen molar-refractivity contribution in [3.63, 3.8) is 0 Å². The lowest BCUT2D eigenvalue weighted by molar-refractivity contribution is 0.0134. The van der Waals surface area contributed by atoms with Crippen LogP contribution in [0.5, 0.6) is 0 Å². The second-order valence-corrected chi connectivity index (χ2v) is 8.69. The summed E-state index contributed by atoms with van der Waals surface area (Å²) in [6.45, 7) is 3.60. The molecule has 134 valence electrons. The van der Waals surface area contributed by atoms with Gasteiger partial charge in [0, 0.05) is 31.7 Å². The minimum atomic E-state index is -1.13. The van der Waals surface area contributed by atoms with E-state index in [0.29, 0.717) is 0 Å². The second-order valence-electron chi connectivity index (χ2n) is 7.23. The second kappa shape index (κ2) is 7.16. The number of rotatable bonds is 4. The van der Waals surface area contributed by atoms with Crippen LogP contribution in [0.15, 0.2) is 47.4 Å². The van der Waals surface area contributed by atoms with Crippen molar-refractivity contribution in [2.75, 3.05) is 32.8 Å². The Bertz CT molecular complexity index is 760. The minimum Gasteiger partial charge on any atom is -0.394 e. The summed E-state index contributed by atoms with van der Waals surface area (Å²) in [5.41, 5.74) is -0.0208. The normalized spacial score (nSPS) is 23.1. The Balaban J connectivity index is 1.50. The molecule has 0 bridgehead atoms. The van der Waals surface area contributed by atoms with E-state index >= 15 is 0 Å². The van der Waals surface area contributed by atoms with Gasteiger partial charge in [-0.2, -0.15) is 0 Å². The first-order valence-electron chi connectivity index (χ1n) is 9.24. The van der Waals surface area contributed by atoms with Crippen LogP contribution >= 0.6 is 0 Å². The number of piperazine rings is 1. The van der Waals surface area contributed by atoms with Crippen LogP contribution in [-0.2, 0) is 11.0 Å². The van der Waals surface area contributed by atoms with Gasteiger partial charge in [-0.3, -0.25) is 4.90 Å². The summed E-state index contributed by atoms with van der Waals surface area (Å²) in [5, 5.41) is 12.1. The molecule has 2 aromatic rings. The summed E-state index contributed by atoms with van der Waals surface area (Å²) in [5.74, 6) is 0. The lowest BCUT2D eigenvalue weighted by atomic mass is 9.95. The Morgan fingerprint density at radius 3 is 2.36 bits per heavy atom. The van der Waals surface area contributed by atoms with E-state index in [1.54, 1.807) is 0 Å². The summed E-state index contributed by atoms with van der Waals surface area (Å²) < 4.78 is 15.2. The molecule has 1 saturated heterocycles. The van der Waals surface area contributed by atoms with Crippen molar-refractivity contribution >= 4 is 21.8 Å². The average Bonchev–Trinajstić information content (AvgIpc) is 3.17. The van der Waals surface area contributed by atoms with Crippen LogP contribution < -0.4 is 0 Å². The van der Waals surface area contributed by atoms with Gasteiger partial charge in [0.15, 0.2) is 0 Å². The molecule has 0 amide bonds. The first-order chi connectivity index (χ1) is 12.2. The van der Waals surface area contributed by atoms with E-state index in [4.69, 9.17) is 0 Å². The molecule has 2 aliphatic rings. The highest BCUT2D eigenvalue weighted by Gasteiger charge is 2.40. The van der Waals surface area contributed by atoms with Crippen LogP contribution in [0.2, 0.25) is 0 Å². The molecule has 1 aliphatic carbocycles. The monoisotopic (exact) mass is 358 g/mol. The zero-order chi connectivity index (χ0) is 17.3. The van der Waals surface area contributed by atoms with E-state index in [1.807, 2.05) is 24.3 Å². The van der Waals surface area contributed by atoms with Gasteiger partial charge in [-0.1, -0.05) is 49.2 Å². The number of hydrogen-bond donors (Lipinski definition) is 1. The van der Waals surface area contributed by atoms with E-state index in [-0.39, 0.29) is 12.1 Å². The average molecular weight is 359 g/mol. The smallest absolute Gasteiger partial charge is 0.128 e. The van der Waals surface area contributed by atoms with Crippen molar-refractivity contribution < 1.29 is 9.32 Å². The first-order valence-corrected chi connectivity index (χ1v) is 10.3. The number of aliphatic hydroxyl groups is 1. The van der Waals surface area contributed by atoms with Crippen molar-refractivity contribution in [2.45, 2.75) is 36.1 Å². The summed E-state index contributed by atoms with van der Waals surface area (Å²) in [7, 11) is -1.13. The van der Waals surface area contributed by atoms with E-state index in [0.717, 1.165) is 54.7 Å². The molecule has 4 nitrogen and oxygen atoms in total. The third-order valence-corrected chi connectivity index (χ3v) is 7.48. The van der Waals surface area contributed by atoms with Gasteiger partial charge in [0.25, 0.3) is 0 Å². The molecule has 1 aliphatic heterocycles. The van der Waals surface area contributed by atoms with Gasteiger partial charge < -0.3 is 5.11 Å². The van der Waals surface area contributed by atoms with Crippen LogP contribution in [0.1, 0.15) is 25.7 Å². The molecule has 25 heavy (non-hydrogen) atoms. The van der Waals surface area contributed by atoms with Gasteiger partial charge in [0.05, 0.1) is 11.5 Å². The molecule has 5 heteroatoms. The van der Waals surface area contributed by atoms with Crippen LogP contribution in [-0.4, -0.2) is 56.8 Å². The maximum absolute atomic E-state index is 13.2. The Kier molecular flexibility index (Phi) is 4.91. The summed E-state index contributed by atoms with van der Waals surface area (Å²) in [6, 6.07) is 14.2. The van der Waals surface area contributed by atoms with Crippen molar-refractivity contribution in [3.05, 3.63) is 42.5 Å². The van der Waals surface area contributed by atoms with Crippen LogP contribution in [0, 0.1) is 0 Å². The number of fused-ring (bicyclic) bond motifs is 1. The van der Waals surface area contributed by atoms with Crippen molar-refractivity contribution in [1.82, 2.24) is 9.21 Å². The fraction of sp³-hybridized carbons (Fsp3) is 0.500. The summed E-state index contributed by atoms with van der Waals surface area (Å²) >= 11 is 0. The van der Waals surface area contributed by atoms with E-state index < -0.39 is 11.0 Å². The molecule has 1 heterocycles. The highest BCUT2D eigenvalue weighted by molar-refractivity contribution is 7.83. The zero-order valence-corrected chi connectivity index (χ0v) is 15.4. The Morgan fingerprint density at radius 1 is 0.960 bits per heavy atom. The predicted molar refractivity (Wildman–Crippen MR) is 102 cm³/mol. The standard InChI is InChI=1S/C20H26N2O2S/c23-16-20(10-3-4-11-20)21-12-14-22(15-13-21)25(24)19-9-5-7-17-6-1-2-8-18(17)19/h1-2,5-9,23H,3-4,10-16H2. The lowest BCUT2D eigenvalue weighted by Gasteiger charge is -2.44. The van der Waals surface area contributed by atoms with E-state index in [1.165, 1.54) is 12.8 Å². The van der Waals surface area contributed by atoms with Gasteiger partial charge in [0.2, 0.25) is 0 Å². The van der Waals surface area contributed by atoms with Gasteiger partial charge in [-0.25, -0.2) is 8.51 Å². The molecular formula is C20H26N2O2S. The fourth-order valence-corrected chi connectivity index (χ4v) is 5.76. The van der Waals surface area contributed by atoms with Crippen LogP contribution in [0.3, 0.4) is 0 Å². The SMILES string of the molecule is O=S(c1cccc2ccccc12)N1CCN(C2(CO)CCCC2)CC1. The third kappa shape index (κ3) is 3.14. The van der Waals surface area contributed by atoms with Gasteiger partial charge in [-0.05, 0) is 29.7 Å². The summed E-state index contributed by atoms with van der Waals surface area (Å²) in [4.78, 5) is 3.35. The number of hydrogen-bond acceptors (Lipinski definition) is 3. The quantitative estimate of drug-likeness (QED) is 0.914. The Morgan fingerprint density at radius 2 is 1.64 bits per heavy atom. The van der Waals surface area contributed by atoms with Crippen molar-refractivity contribution in [1.29, 1.82) is 0 Å². The highest BCUT2D eigenvalue weighted by atomic mass is 32.2. The largest absolute Gasteiger partial charge is 0.394 e. The summed E-state index contributed by atoms with van der Waals surface area (Å²) in [6.07, 6.45) is 4.61. The molecule has 1 unspecified atom stereocenters. The number of aliphatic hydroxyl groups excluding tert-OH is 1. The zero-order valence-electron chi connectivity index (χ0n) is 14.6. The molecule has 1 atom stereocenters. The maximum Gasteiger partial charge on any atom is 0.128 e. The van der Waals surface area contributed by atoms with Crippen LogP contribution in [0.25, 0.3) is 10.8 Å². The van der Waals surface area contributed by atoms with Crippen molar-refractivity contribution in [3.8, 4) is 0 Å². The molecule has 2 fully saturated rings. The first kappa shape index (κ1) is 17.2. The predicted octanol–water partition coefficient (Wildman–Crippen LogP) is 2.79. The molecule has 2 aromatic carbocycles. The number of benzene rings is 2. The highest BCUT2D eigenvalue weighted by Crippen LogP contribution is 2.36. The van der Waals surface area contributed by atoms with Crippen LogP contribution in [0.4, 0.5) is 0 Å². The topological polar surface area (TPSA) is 43.8 Å². The van der Waals surface area contributed by atoms with Gasteiger partial charge >= 0.3 is 0 Å². The molecule has 0 spiro atoms. The lowest BCUT2D eigenvalue weighted by Crippen LogP contribution is -2.57. The van der Waals surface area contributed by atoms with E-state index in [9.17, 15) is 9.32 Å². The minimum absolute atomic E-state index is 0.0208. The van der Waals surface area contributed by atoms with Gasteiger partial charge in [0.1, 0.15) is 11.0 Å². The number of nitrogens with zero attached hydrogens (tertiary/aromatic N) is 2. The molecule has 0 radical (unpaired) electrons. The molecule has 4 rings (SSSR count). The maximum atomic E-state index is 13.2. The van der Waals surface area contributed by atoms with Gasteiger partial charge in [-0.15, -0.1) is 0 Å². The molecule has 0 aromatic heterocycles. The fourth-order valence-electron chi connectivity index (χ4n) is 4.42. The molecular weight excluding hydrogens is 332 g/mol. The van der Waals surface area contributed by atoms with Crippen molar-refractivity contribution in [2.24, 2.45) is 0 Å². The Labute approximate surface area is 152 Å². The molecule has 1 N–H and O–H groups in total.